The second kappa shape index (κ2) is 6.69. The Morgan fingerprint density at radius 1 is 1.17 bits per heavy atom. The number of hydrogen-bond acceptors (Lipinski definition) is 5. The highest BCUT2D eigenvalue weighted by molar-refractivity contribution is 5.35. The van der Waals surface area contributed by atoms with E-state index in [1.165, 1.54) is 38.1 Å². The van der Waals surface area contributed by atoms with Crippen molar-refractivity contribution in [1.29, 1.82) is 0 Å². The van der Waals surface area contributed by atoms with Gasteiger partial charge in [-0.15, -0.1) is 0 Å². The summed E-state index contributed by atoms with van der Waals surface area (Å²) in [5.74, 6) is 0.880. The van der Waals surface area contributed by atoms with Crippen molar-refractivity contribution >= 4 is 5.95 Å². The molecule has 5 nitrogen and oxygen atoms in total. The minimum atomic E-state index is -0.404. The summed E-state index contributed by atoms with van der Waals surface area (Å²) >= 11 is 0. The highest BCUT2D eigenvalue weighted by Crippen LogP contribution is 2.34. The lowest BCUT2D eigenvalue weighted by Gasteiger charge is -2.32. The molecule has 0 aromatic carbocycles. The first-order valence-electron chi connectivity index (χ1n) is 8.78. The predicted molar refractivity (Wildman–Crippen MR) is 83.8 cm³/mol. The SMILES string of the molecule is Fc1cnc(N2C[C@@H](OCC3CCCC3)[C@H]3OCCC[C@H]32)nc1. The molecule has 3 heterocycles. The number of aromatic nitrogens is 2. The Bertz CT molecular complexity index is 521. The van der Waals surface area contributed by atoms with Crippen LogP contribution in [0.4, 0.5) is 10.3 Å². The molecule has 0 amide bonds. The van der Waals surface area contributed by atoms with Crippen LogP contribution >= 0.6 is 0 Å². The molecule has 0 spiro atoms. The summed E-state index contributed by atoms with van der Waals surface area (Å²) in [6, 6.07) is 0.239. The van der Waals surface area contributed by atoms with Crippen molar-refractivity contribution in [2.24, 2.45) is 5.92 Å². The smallest absolute Gasteiger partial charge is 0.225 e. The molecule has 1 aliphatic carbocycles. The molecule has 0 radical (unpaired) electrons. The third-order valence-corrected chi connectivity index (χ3v) is 5.36. The summed E-state index contributed by atoms with van der Waals surface area (Å²) in [5.41, 5.74) is 0. The van der Waals surface area contributed by atoms with E-state index in [-0.39, 0.29) is 18.2 Å². The summed E-state index contributed by atoms with van der Waals surface area (Å²) < 4.78 is 25.3. The van der Waals surface area contributed by atoms with Crippen molar-refractivity contribution in [2.45, 2.75) is 56.8 Å². The molecule has 6 heteroatoms. The van der Waals surface area contributed by atoms with E-state index in [0.29, 0.717) is 11.9 Å². The van der Waals surface area contributed by atoms with Gasteiger partial charge in [-0.05, 0) is 31.6 Å². The topological polar surface area (TPSA) is 47.5 Å². The molecule has 23 heavy (non-hydrogen) atoms. The lowest BCUT2D eigenvalue weighted by molar-refractivity contribution is -0.0797. The minimum absolute atomic E-state index is 0.0644. The molecule has 1 aromatic heterocycles. The Kier molecular flexibility index (Phi) is 4.44. The average molecular weight is 321 g/mol. The molecule has 0 unspecified atom stereocenters. The van der Waals surface area contributed by atoms with E-state index < -0.39 is 5.82 Å². The van der Waals surface area contributed by atoms with Gasteiger partial charge >= 0.3 is 0 Å². The number of nitrogens with zero attached hydrogens (tertiary/aromatic N) is 3. The standard InChI is InChI=1S/C17H24FN3O2/c18-13-8-19-17(20-9-13)21-10-15(16-14(21)6-3-7-22-16)23-11-12-4-1-2-5-12/h8-9,12,14-16H,1-7,10-11H2/t14-,15-,16+/m1/s1. The summed E-state index contributed by atoms with van der Waals surface area (Å²) in [6.45, 7) is 2.35. The zero-order chi connectivity index (χ0) is 15.6. The van der Waals surface area contributed by atoms with Gasteiger partial charge in [0, 0.05) is 13.2 Å². The molecular weight excluding hydrogens is 297 g/mol. The number of halogens is 1. The van der Waals surface area contributed by atoms with Gasteiger partial charge in [0.25, 0.3) is 0 Å². The maximum Gasteiger partial charge on any atom is 0.225 e. The Balaban J connectivity index is 1.46. The molecule has 0 bridgehead atoms. The maximum atomic E-state index is 13.1. The third kappa shape index (κ3) is 3.19. The quantitative estimate of drug-likeness (QED) is 0.853. The van der Waals surface area contributed by atoms with Gasteiger partial charge in [0.2, 0.25) is 5.95 Å². The summed E-state index contributed by atoms with van der Waals surface area (Å²) in [5, 5.41) is 0. The fourth-order valence-electron chi connectivity index (χ4n) is 4.18. The van der Waals surface area contributed by atoms with Gasteiger partial charge in [-0.25, -0.2) is 14.4 Å². The maximum absolute atomic E-state index is 13.1. The van der Waals surface area contributed by atoms with E-state index >= 15 is 0 Å². The van der Waals surface area contributed by atoms with E-state index in [2.05, 4.69) is 14.9 Å². The third-order valence-electron chi connectivity index (χ3n) is 5.36. The van der Waals surface area contributed by atoms with Crippen LogP contribution < -0.4 is 4.90 Å². The van der Waals surface area contributed by atoms with Gasteiger partial charge in [0.15, 0.2) is 5.82 Å². The predicted octanol–water partition coefficient (Wildman–Crippen LogP) is 2.56. The van der Waals surface area contributed by atoms with Crippen LogP contribution in [0.3, 0.4) is 0 Å². The Hall–Kier alpha value is -1.27. The van der Waals surface area contributed by atoms with Crippen molar-refractivity contribution in [2.75, 3.05) is 24.7 Å². The number of ether oxygens (including phenoxy) is 2. The number of fused-ring (bicyclic) bond motifs is 1. The van der Waals surface area contributed by atoms with Crippen molar-refractivity contribution in [3.05, 3.63) is 18.2 Å². The molecule has 0 N–H and O–H groups in total. The molecule has 3 aliphatic rings. The average Bonchev–Trinajstić information content (AvgIpc) is 3.21. The first-order chi connectivity index (χ1) is 11.3. The van der Waals surface area contributed by atoms with Gasteiger partial charge in [-0.2, -0.15) is 0 Å². The second-order valence-electron chi connectivity index (χ2n) is 6.92. The highest BCUT2D eigenvalue weighted by Gasteiger charge is 2.46. The summed E-state index contributed by atoms with van der Waals surface area (Å²) in [4.78, 5) is 10.4. The van der Waals surface area contributed by atoms with E-state index in [0.717, 1.165) is 32.6 Å². The monoisotopic (exact) mass is 321 g/mol. The molecule has 3 atom stereocenters. The normalized spacial score (nSPS) is 31.5. The van der Waals surface area contributed by atoms with Gasteiger partial charge in [0.1, 0.15) is 12.2 Å². The number of anilines is 1. The lowest BCUT2D eigenvalue weighted by Crippen LogP contribution is -2.42. The van der Waals surface area contributed by atoms with Crippen LogP contribution in [0.25, 0.3) is 0 Å². The molecule has 1 aromatic rings. The fourth-order valence-corrected chi connectivity index (χ4v) is 4.18. The van der Waals surface area contributed by atoms with Crippen LogP contribution in [0.1, 0.15) is 38.5 Å². The number of rotatable bonds is 4. The lowest BCUT2D eigenvalue weighted by atomic mass is 10.0. The van der Waals surface area contributed by atoms with Crippen LogP contribution in [0.5, 0.6) is 0 Å². The molecule has 2 aliphatic heterocycles. The van der Waals surface area contributed by atoms with Crippen molar-refractivity contribution in [3.8, 4) is 0 Å². The fraction of sp³-hybridized carbons (Fsp3) is 0.765. The Morgan fingerprint density at radius 2 is 1.96 bits per heavy atom. The molecule has 126 valence electrons. The summed E-state index contributed by atoms with van der Waals surface area (Å²) in [7, 11) is 0. The molecular formula is C17H24FN3O2. The molecule has 2 saturated heterocycles. The van der Waals surface area contributed by atoms with Crippen molar-refractivity contribution < 1.29 is 13.9 Å². The van der Waals surface area contributed by atoms with Gasteiger partial charge in [-0.1, -0.05) is 12.8 Å². The summed E-state index contributed by atoms with van der Waals surface area (Å²) in [6.07, 6.45) is 9.92. The van der Waals surface area contributed by atoms with Crippen molar-refractivity contribution in [3.63, 3.8) is 0 Å². The zero-order valence-electron chi connectivity index (χ0n) is 13.4. The van der Waals surface area contributed by atoms with Crippen LogP contribution in [-0.2, 0) is 9.47 Å². The molecule has 1 saturated carbocycles. The molecule has 3 fully saturated rings. The second-order valence-corrected chi connectivity index (χ2v) is 6.92. The van der Waals surface area contributed by atoms with E-state index in [9.17, 15) is 4.39 Å². The Labute approximate surface area is 136 Å². The van der Waals surface area contributed by atoms with E-state index in [4.69, 9.17) is 9.47 Å². The molecule has 4 rings (SSSR count). The van der Waals surface area contributed by atoms with Gasteiger partial charge < -0.3 is 14.4 Å². The number of hydrogen-bond donors (Lipinski definition) is 0. The van der Waals surface area contributed by atoms with E-state index in [1.807, 2.05) is 0 Å². The van der Waals surface area contributed by atoms with Crippen LogP contribution in [0.2, 0.25) is 0 Å². The van der Waals surface area contributed by atoms with E-state index in [1.54, 1.807) is 0 Å². The van der Waals surface area contributed by atoms with Crippen LogP contribution in [0.15, 0.2) is 12.4 Å². The first-order valence-corrected chi connectivity index (χ1v) is 8.78. The minimum Gasteiger partial charge on any atom is -0.373 e. The van der Waals surface area contributed by atoms with Gasteiger partial charge in [-0.3, -0.25) is 0 Å². The van der Waals surface area contributed by atoms with Gasteiger partial charge in [0.05, 0.1) is 25.0 Å². The first kappa shape index (κ1) is 15.3. The zero-order valence-corrected chi connectivity index (χ0v) is 13.4. The highest BCUT2D eigenvalue weighted by atomic mass is 19.1. The van der Waals surface area contributed by atoms with Crippen LogP contribution in [-0.4, -0.2) is 48.0 Å². The Morgan fingerprint density at radius 3 is 2.74 bits per heavy atom. The van der Waals surface area contributed by atoms with Crippen LogP contribution in [0, 0.1) is 11.7 Å². The van der Waals surface area contributed by atoms with Crippen molar-refractivity contribution in [1.82, 2.24) is 9.97 Å². The largest absolute Gasteiger partial charge is 0.373 e.